The molecule has 0 saturated carbocycles. The zero-order valence-electron chi connectivity index (χ0n) is 12.9. The number of thioether (sulfide) groups is 1. The Morgan fingerprint density at radius 1 is 1.21 bits per heavy atom. The fourth-order valence-electron chi connectivity index (χ4n) is 2.20. The molecule has 6 nitrogen and oxygen atoms in total. The zero-order valence-corrected chi connectivity index (χ0v) is 13.8. The van der Waals surface area contributed by atoms with Crippen LogP contribution in [0.2, 0.25) is 0 Å². The number of H-pyrrole nitrogens is 1. The number of nitrogens with one attached hydrogen (secondary N) is 2. The van der Waals surface area contributed by atoms with Gasteiger partial charge in [-0.15, -0.1) is 0 Å². The van der Waals surface area contributed by atoms with E-state index in [4.69, 9.17) is 5.73 Å². The molecular weight excluding hydrogens is 324 g/mol. The summed E-state index contributed by atoms with van der Waals surface area (Å²) in [7, 11) is 0. The van der Waals surface area contributed by atoms with E-state index in [9.17, 15) is 9.59 Å². The van der Waals surface area contributed by atoms with Gasteiger partial charge < -0.3 is 16.0 Å². The Morgan fingerprint density at radius 3 is 2.75 bits per heavy atom. The maximum Gasteiger partial charge on any atom is 0.248 e. The Bertz CT molecular complexity index is 873. The molecule has 24 heavy (non-hydrogen) atoms. The first-order chi connectivity index (χ1) is 11.5. The smallest absolute Gasteiger partial charge is 0.248 e. The van der Waals surface area contributed by atoms with Gasteiger partial charge in [-0.3, -0.25) is 9.59 Å². The van der Waals surface area contributed by atoms with Crippen molar-refractivity contribution in [2.45, 2.75) is 17.3 Å². The number of fused-ring (bicyclic) bond motifs is 1. The van der Waals surface area contributed by atoms with Gasteiger partial charge in [-0.2, -0.15) is 0 Å². The standard InChI is InChI=1S/C17H16N4O2S/c1-10(24-17-20-13-7-2-3-8-14(13)21-17)16(23)19-12-6-4-5-11(9-12)15(18)22/h2-10H,1H3,(H2,18,22)(H,19,23)(H,20,21)/t10-/m0/s1. The maximum atomic E-state index is 12.3. The Labute approximate surface area is 142 Å². The van der Waals surface area contributed by atoms with Gasteiger partial charge in [0.25, 0.3) is 0 Å². The van der Waals surface area contributed by atoms with Gasteiger partial charge in [0.15, 0.2) is 5.16 Å². The quantitative estimate of drug-likeness (QED) is 0.622. The first-order valence-electron chi connectivity index (χ1n) is 7.35. The van der Waals surface area contributed by atoms with Crippen LogP contribution in [0.4, 0.5) is 5.69 Å². The minimum Gasteiger partial charge on any atom is -0.366 e. The number of carbonyl (C=O) groups excluding carboxylic acids is 2. The van der Waals surface area contributed by atoms with Crippen molar-refractivity contribution in [3.63, 3.8) is 0 Å². The van der Waals surface area contributed by atoms with Crippen molar-refractivity contribution in [3.05, 3.63) is 54.1 Å². The van der Waals surface area contributed by atoms with Crippen LogP contribution in [-0.2, 0) is 4.79 Å². The lowest BCUT2D eigenvalue weighted by molar-refractivity contribution is -0.115. The predicted molar refractivity (Wildman–Crippen MR) is 95.0 cm³/mol. The second kappa shape index (κ2) is 6.76. The first kappa shape index (κ1) is 16.1. The molecule has 1 aromatic heterocycles. The van der Waals surface area contributed by atoms with Crippen molar-refractivity contribution in [3.8, 4) is 0 Å². The summed E-state index contributed by atoms with van der Waals surface area (Å²) >= 11 is 1.34. The normalized spacial score (nSPS) is 12.0. The van der Waals surface area contributed by atoms with Crippen molar-refractivity contribution in [1.82, 2.24) is 9.97 Å². The minimum absolute atomic E-state index is 0.179. The monoisotopic (exact) mass is 340 g/mol. The molecule has 3 rings (SSSR count). The number of benzene rings is 2. The number of imidazole rings is 1. The van der Waals surface area contributed by atoms with E-state index in [-0.39, 0.29) is 11.2 Å². The van der Waals surface area contributed by atoms with Crippen LogP contribution in [0.15, 0.2) is 53.7 Å². The van der Waals surface area contributed by atoms with Gasteiger partial charge in [0, 0.05) is 11.3 Å². The number of para-hydroxylation sites is 2. The number of nitrogens with zero attached hydrogens (tertiary/aromatic N) is 1. The molecule has 4 N–H and O–H groups in total. The van der Waals surface area contributed by atoms with Crippen molar-refractivity contribution in [1.29, 1.82) is 0 Å². The molecule has 0 saturated heterocycles. The Hall–Kier alpha value is -2.80. The average molecular weight is 340 g/mol. The molecule has 1 heterocycles. The van der Waals surface area contributed by atoms with Crippen molar-refractivity contribution in [2.24, 2.45) is 5.73 Å². The van der Waals surface area contributed by atoms with E-state index in [2.05, 4.69) is 15.3 Å². The van der Waals surface area contributed by atoms with Crippen LogP contribution in [0, 0.1) is 0 Å². The summed E-state index contributed by atoms with van der Waals surface area (Å²) in [6.45, 7) is 1.80. The van der Waals surface area contributed by atoms with E-state index >= 15 is 0 Å². The fraction of sp³-hybridized carbons (Fsp3) is 0.118. The summed E-state index contributed by atoms with van der Waals surface area (Å²) < 4.78 is 0. The number of aromatic nitrogens is 2. The van der Waals surface area contributed by atoms with E-state index in [0.717, 1.165) is 11.0 Å². The van der Waals surface area contributed by atoms with Crippen LogP contribution in [0.25, 0.3) is 11.0 Å². The van der Waals surface area contributed by atoms with E-state index < -0.39 is 5.91 Å². The molecule has 2 amide bonds. The number of nitrogens with two attached hydrogens (primary N) is 1. The number of amides is 2. The lowest BCUT2D eigenvalue weighted by Gasteiger charge is -2.11. The number of hydrogen-bond acceptors (Lipinski definition) is 4. The summed E-state index contributed by atoms with van der Waals surface area (Å²) in [4.78, 5) is 31.1. The van der Waals surface area contributed by atoms with Crippen molar-refractivity contribution >= 4 is 40.3 Å². The highest BCUT2D eigenvalue weighted by Gasteiger charge is 2.17. The second-order valence-corrected chi connectivity index (χ2v) is 6.58. The molecule has 122 valence electrons. The van der Waals surface area contributed by atoms with Crippen LogP contribution in [0.3, 0.4) is 0 Å². The molecule has 0 aliphatic carbocycles. The van der Waals surface area contributed by atoms with E-state index in [1.165, 1.54) is 11.8 Å². The minimum atomic E-state index is -0.532. The highest BCUT2D eigenvalue weighted by Crippen LogP contribution is 2.24. The third kappa shape index (κ3) is 3.57. The van der Waals surface area contributed by atoms with Gasteiger partial charge >= 0.3 is 0 Å². The predicted octanol–water partition coefficient (Wildman–Crippen LogP) is 2.78. The lowest BCUT2D eigenvalue weighted by Crippen LogP contribution is -2.22. The highest BCUT2D eigenvalue weighted by molar-refractivity contribution is 8.00. The summed E-state index contributed by atoms with van der Waals surface area (Å²) in [5, 5.41) is 3.11. The molecule has 1 atom stereocenters. The van der Waals surface area contributed by atoms with Crippen LogP contribution in [-0.4, -0.2) is 27.0 Å². The van der Waals surface area contributed by atoms with Crippen LogP contribution < -0.4 is 11.1 Å². The van der Waals surface area contributed by atoms with Gasteiger partial charge in [-0.1, -0.05) is 30.0 Å². The second-order valence-electron chi connectivity index (χ2n) is 5.25. The molecule has 0 fully saturated rings. The van der Waals surface area contributed by atoms with Crippen LogP contribution in [0.1, 0.15) is 17.3 Å². The SMILES string of the molecule is C[C@H](Sc1nc2ccccc2[nH]1)C(=O)Nc1cccc(C(N)=O)c1. The summed E-state index contributed by atoms with van der Waals surface area (Å²) in [6.07, 6.45) is 0. The van der Waals surface area contributed by atoms with Crippen LogP contribution in [0.5, 0.6) is 0 Å². The molecule has 3 aromatic rings. The summed E-state index contributed by atoms with van der Waals surface area (Å²) in [5.74, 6) is -0.710. The highest BCUT2D eigenvalue weighted by atomic mass is 32.2. The zero-order chi connectivity index (χ0) is 17.1. The Morgan fingerprint density at radius 2 is 2.00 bits per heavy atom. The number of primary amides is 1. The molecule has 0 bridgehead atoms. The molecule has 0 unspecified atom stereocenters. The topological polar surface area (TPSA) is 101 Å². The number of anilines is 1. The largest absolute Gasteiger partial charge is 0.366 e. The van der Waals surface area contributed by atoms with E-state index in [1.54, 1.807) is 31.2 Å². The lowest BCUT2D eigenvalue weighted by atomic mass is 10.2. The maximum absolute atomic E-state index is 12.3. The molecule has 7 heteroatoms. The molecule has 0 aliphatic rings. The molecule has 0 radical (unpaired) electrons. The van der Waals surface area contributed by atoms with E-state index in [1.807, 2.05) is 24.3 Å². The number of aromatic amines is 1. The third-order valence-electron chi connectivity index (χ3n) is 3.44. The molecular formula is C17H16N4O2S. The van der Waals surface area contributed by atoms with Gasteiger partial charge in [0.1, 0.15) is 0 Å². The Balaban J connectivity index is 1.68. The summed E-state index contributed by atoms with van der Waals surface area (Å²) in [6, 6.07) is 14.2. The number of rotatable bonds is 5. The molecule has 0 aliphatic heterocycles. The number of hydrogen-bond donors (Lipinski definition) is 3. The average Bonchev–Trinajstić information content (AvgIpc) is 2.97. The Kier molecular flexibility index (Phi) is 4.52. The first-order valence-corrected chi connectivity index (χ1v) is 8.23. The molecule has 2 aromatic carbocycles. The van der Waals surface area contributed by atoms with E-state index in [0.29, 0.717) is 16.4 Å². The van der Waals surface area contributed by atoms with Crippen molar-refractivity contribution in [2.75, 3.05) is 5.32 Å². The third-order valence-corrected chi connectivity index (χ3v) is 4.42. The fourth-order valence-corrected chi connectivity index (χ4v) is 3.02. The van der Waals surface area contributed by atoms with Gasteiger partial charge in [0.05, 0.1) is 16.3 Å². The van der Waals surface area contributed by atoms with Gasteiger partial charge in [-0.25, -0.2) is 4.98 Å². The van der Waals surface area contributed by atoms with Crippen molar-refractivity contribution < 1.29 is 9.59 Å². The van der Waals surface area contributed by atoms with Crippen LogP contribution >= 0.6 is 11.8 Å². The molecule has 0 spiro atoms. The number of carbonyl (C=O) groups is 2. The van der Waals surface area contributed by atoms with Gasteiger partial charge in [-0.05, 0) is 37.3 Å². The summed E-state index contributed by atoms with van der Waals surface area (Å²) in [5.41, 5.74) is 7.93. The van der Waals surface area contributed by atoms with Gasteiger partial charge in [0.2, 0.25) is 11.8 Å².